The van der Waals surface area contributed by atoms with Gasteiger partial charge in [-0.05, 0) is 41.8 Å². The molecule has 3 rings (SSSR count). The summed E-state index contributed by atoms with van der Waals surface area (Å²) in [5.74, 6) is -0.472. The van der Waals surface area contributed by atoms with Gasteiger partial charge in [0.05, 0.1) is 30.3 Å². The van der Waals surface area contributed by atoms with E-state index in [0.29, 0.717) is 12.1 Å². The Labute approximate surface area is 241 Å². The predicted octanol–water partition coefficient (Wildman–Crippen LogP) is 6.39. The van der Waals surface area contributed by atoms with Crippen LogP contribution in [0, 0.1) is 0 Å². The molecule has 0 fully saturated rings. The van der Waals surface area contributed by atoms with Crippen LogP contribution in [0.25, 0.3) is 0 Å². The zero-order valence-corrected chi connectivity index (χ0v) is 25.6. The second kappa shape index (κ2) is 18.2. The van der Waals surface area contributed by atoms with Gasteiger partial charge in [-0.15, -0.1) is 22.7 Å². The molecule has 0 spiro atoms. The minimum absolute atomic E-state index is 0.0153. The fourth-order valence-electron chi connectivity index (χ4n) is 3.47. The van der Waals surface area contributed by atoms with E-state index in [2.05, 4.69) is 48.6 Å². The van der Waals surface area contributed by atoms with Gasteiger partial charge < -0.3 is 26.4 Å². The number of ketones is 1. The molecule has 1 amide bonds. The molecule has 214 valence electrons. The first kappa shape index (κ1) is 33.9. The highest BCUT2D eigenvalue weighted by Crippen LogP contribution is 2.28. The summed E-state index contributed by atoms with van der Waals surface area (Å²) in [4.78, 5) is 28.2. The topological polar surface area (TPSA) is 108 Å². The number of carbonyl (C=O) groups is 2. The van der Waals surface area contributed by atoms with E-state index in [4.69, 9.17) is 5.73 Å². The number of thiophene rings is 2. The zero-order valence-electron chi connectivity index (χ0n) is 24.0. The van der Waals surface area contributed by atoms with Crippen LogP contribution in [-0.2, 0) is 9.59 Å². The smallest absolute Gasteiger partial charge is 0.256 e. The molecule has 2 aromatic rings. The number of nitrogens with one attached hydrogen (secondary N) is 2. The van der Waals surface area contributed by atoms with E-state index in [-0.39, 0.29) is 41.7 Å². The van der Waals surface area contributed by atoms with E-state index in [1.807, 2.05) is 31.4 Å². The monoisotopic (exact) mass is 572 g/mol. The van der Waals surface area contributed by atoms with Crippen LogP contribution in [0.1, 0.15) is 68.8 Å². The quantitative estimate of drug-likeness (QED) is 0.133. The van der Waals surface area contributed by atoms with E-state index in [1.54, 1.807) is 42.8 Å². The van der Waals surface area contributed by atoms with Crippen LogP contribution in [0.2, 0.25) is 0 Å². The van der Waals surface area contributed by atoms with E-state index in [1.165, 1.54) is 26.8 Å². The van der Waals surface area contributed by atoms with Gasteiger partial charge in [0.2, 0.25) is 0 Å². The van der Waals surface area contributed by atoms with Gasteiger partial charge in [-0.25, -0.2) is 0 Å². The third kappa shape index (κ3) is 10.5. The minimum atomic E-state index is -0.326. The standard InChI is InChI=1S/C21H27N3O3S.C7H11NS.C2H6/c1-5-7-9-14(21(27)24(3)4)18(26)13-22-20-16(12-17(20)25)23-15(6-2)19-10-8-11-28-19;1-2-6(8)7-4-3-5-9-7;1-2/h5,7-11,15,22-23,26H,1,6,12-13H2,2-4H3;3-6H,2,8H2,1H3;1-2H3/b9-7-,18-14-;;. The van der Waals surface area contributed by atoms with E-state index in [0.717, 1.165) is 18.5 Å². The number of Topliss-reactive ketones (excluding diaryl/α,β-unsaturated/α-hetero) is 1. The molecular weight excluding hydrogens is 528 g/mol. The molecule has 9 heteroatoms. The van der Waals surface area contributed by atoms with Gasteiger partial charge in [0.1, 0.15) is 5.76 Å². The molecule has 0 aromatic carbocycles. The average Bonchev–Trinajstić information content (AvgIpc) is 3.67. The van der Waals surface area contributed by atoms with Crippen molar-refractivity contribution in [2.24, 2.45) is 5.73 Å². The molecule has 1 aliphatic carbocycles. The summed E-state index contributed by atoms with van der Waals surface area (Å²) in [6, 6.07) is 8.59. The van der Waals surface area contributed by atoms with Crippen molar-refractivity contribution in [2.75, 3.05) is 20.6 Å². The molecular formula is C30H44N4O3S2. The molecule has 2 aromatic heterocycles. The second-order valence-corrected chi connectivity index (χ2v) is 10.6. The number of likely N-dealkylation sites (N-methyl/N-ethyl adjacent to an activating group) is 1. The van der Waals surface area contributed by atoms with Gasteiger partial charge in [-0.2, -0.15) is 0 Å². The highest BCUT2D eigenvalue weighted by molar-refractivity contribution is 7.10. The summed E-state index contributed by atoms with van der Waals surface area (Å²) in [6.07, 6.45) is 6.88. The number of nitrogens with two attached hydrogens (primary N) is 1. The number of rotatable bonds is 12. The zero-order chi connectivity index (χ0) is 29.4. The number of carbonyl (C=O) groups excluding carboxylic acids is 2. The van der Waals surface area contributed by atoms with E-state index < -0.39 is 0 Å². The number of nitrogens with zero attached hydrogens (tertiary/aromatic N) is 1. The molecule has 0 bridgehead atoms. The Kier molecular flexibility index (Phi) is 15.8. The number of hydrogen-bond donors (Lipinski definition) is 4. The van der Waals surface area contributed by atoms with Crippen LogP contribution in [0.4, 0.5) is 0 Å². The maximum atomic E-state index is 12.3. The van der Waals surface area contributed by atoms with Crippen LogP contribution in [0.3, 0.4) is 0 Å². The lowest BCUT2D eigenvalue weighted by Gasteiger charge is -2.28. The SMILES string of the molecule is C=C/C=C\C(C(=O)N(C)C)=C(\O)CNC1=C(NC(CC)c2cccs2)CC1=O.CC.CCC(N)c1cccs1. The molecule has 2 heterocycles. The van der Waals surface area contributed by atoms with E-state index >= 15 is 0 Å². The van der Waals surface area contributed by atoms with E-state index in [9.17, 15) is 14.7 Å². The molecule has 2 atom stereocenters. The highest BCUT2D eigenvalue weighted by Gasteiger charge is 2.29. The maximum Gasteiger partial charge on any atom is 0.256 e. The normalized spacial score (nSPS) is 14.6. The summed E-state index contributed by atoms with van der Waals surface area (Å²) in [5, 5.41) is 20.9. The lowest BCUT2D eigenvalue weighted by Crippen LogP contribution is -2.38. The Morgan fingerprint density at radius 1 is 1.15 bits per heavy atom. The maximum absolute atomic E-state index is 12.3. The van der Waals surface area contributed by atoms with Crippen molar-refractivity contribution in [3.05, 3.63) is 92.3 Å². The molecule has 39 heavy (non-hydrogen) atoms. The fourth-order valence-corrected chi connectivity index (χ4v) is 5.14. The lowest BCUT2D eigenvalue weighted by atomic mass is 9.97. The Morgan fingerprint density at radius 2 is 1.77 bits per heavy atom. The van der Waals surface area contributed by atoms with Crippen LogP contribution in [-0.4, -0.2) is 42.3 Å². The Balaban J connectivity index is 0.000000578. The minimum Gasteiger partial charge on any atom is -0.510 e. The highest BCUT2D eigenvalue weighted by atomic mass is 32.1. The van der Waals surface area contributed by atoms with Crippen LogP contribution in [0.15, 0.2) is 82.6 Å². The Morgan fingerprint density at radius 3 is 2.23 bits per heavy atom. The lowest BCUT2D eigenvalue weighted by molar-refractivity contribution is -0.124. The predicted molar refractivity (Wildman–Crippen MR) is 166 cm³/mol. The van der Waals surface area contributed by atoms with Crippen molar-refractivity contribution in [3.63, 3.8) is 0 Å². The average molecular weight is 573 g/mol. The first-order valence-corrected chi connectivity index (χ1v) is 15.0. The van der Waals surface area contributed by atoms with Gasteiger partial charge in [-0.3, -0.25) is 9.59 Å². The van der Waals surface area contributed by atoms with Crippen LogP contribution < -0.4 is 16.4 Å². The van der Waals surface area contributed by atoms with Gasteiger partial charge in [0, 0.05) is 35.6 Å². The summed E-state index contributed by atoms with van der Waals surface area (Å²) in [6.45, 7) is 11.8. The summed E-state index contributed by atoms with van der Waals surface area (Å²) in [7, 11) is 3.22. The third-order valence-corrected chi connectivity index (χ3v) is 7.68. The summed E-state index contributed by atoms with van der Waals surface area (Å²) < 4.78 is 0. The van der Waals surface area contributed by atoms with Crippen molar-refractivity contribution in [3.8, 4) is 0 Å². The molecule has 0 saturated heterocycles. The van der Waals surface area contributed by atoms with Gasteiger partial charge >= 0.3 is 0 Å². The summed E-state index contributed by atoms with van der Waals surface area (Å²) in [5.41, 5.74) is 7.20. The number of amides is 1. The number of allylic oxidation sites excluding steroid dienone is 4. The molecule has 2 unspecified atom stereocenters. The first-order valence-electron chi connectivity index (χ1n) is 13.2. The molecule has 0 saturated carbocycles. The van der Waals surface area contributed by atoms with Crippen LogP contribution >= 0.6 is 22.7 Å². The van der Waals surface area contributed by atoms with Gasteiger partial charge in [0.15, 0.2) is 5.78 Å². The third-order valence-electron chi connectivity index (χ3n) is 5.69. The Bertz CT molecular complexity index is 1120. The number of aliphatic hydroxyl groups is 1. The second-order valence-electron chi connectivity index (χ2n) is 8.61. The number of hydrogen-bond acceptors (Lipinski definition) is 8. The first-order chi connectivity index (χ1) is 18.7. The summed E-state index contributed by atoms with van der Waals surface area (Å²) >= 11 is 3.40. The van der Waals surface area contributed by atoms with Crippen molar-refractivity contribution < 1.29 is 14.7 Å². The van der Waals surface area contributed by atoms with Crippen molar-refractivity contribution >= 4 is 34.4 Å². The molecule has 1 aliphatic rings. The molecule has 7 nitrogen and oxygen atoms in total. The fraction of sp³-hybridized carbons (Fsp3) is 0.400. The Hall–Kier alpha value is -3.14. The molecule has 0 aliphatic heterocycles. The largest absolute Gasteiger partial charge is 0.510 e. The van der Waals surface area contributed by atoms with Gasteiger partial charge in [0.25, 0.3) is 5.91 Å². The van der Waals surface area contributed by atoms with Crippen molar-refractivity contribution in [2.45, 2.75) is 59.0 Å². The molecule has 5 N–H and O–H groups in total. The van der Waals surface area contributed by atoms with Crippen molar-refractivity contribution in [1.82, 2.24) is 15.5 Å². The molecule has 0 radical (unpaired) electrons. The van der Waals surface area contributed by atoms with Crippen molar-refractivity contribution in [1.29, 1.82) is 0 Å². The van der Waals surface area contributed by atoms with Gasteiger partial charge in [-0.1, -0.05) is 58.6 Å². The number of aliphatic hydroxyl groups excluding tert-OH is 1. The van der Waals surface area contributed by atoms with Crippen LogP contribution in [0.5, 0.6) is 0 Å².